The molecule has 4 aliphatic rings. The monoisotopic (exact) mass is 478 g/mol. The van der Waals surface area contributed by atoms with Crippen LogP contribution in [0.2, 0.25) is 0 Å². The largest absolute Gasteiger partial charge is 0.505 e. The van der Waals surface area contributed by atoms with Gasteiger partial charge in [0, 0.05) is 50.3 Å². The van der Waals surface area contributed by atoms with Gasteiger partial charge in [-0.3, -0.25) is 10.00 Å². The number of aromatic nitrogens is 4. The molecule has 2 aromatic heterocycles. The first kappa shape index (κ1) is 22.7. The minimum atomic E-state index is -0.410. The summed E-state index contributed by atoms with van der Waals surface area (Å²) in [7, 11) is 0. The maximum atomic E-state index is 14.2. The second kappa shape index (κ2) is 9.39. The molecule has 8 heteroatoms. The molecule has 2 aromatic rings. The zero-order valence-electron chi connectivity index (χ0n) is 20.5. The number of nitrogens with zero attached hydrogens (tertiary/aromatic N) is 4. The lowest BCUT2D eigenvalue weighted by molar-refractivity contribution is 0.209. The number of nitrogens with one attached hydrogen (secondary N) is 2. The van der Waals surface area contributed by atoms with Gasteiger partial charge in [-0.25, -0.2) is 9.37 Å². The Kier molecular flexibility index (Phi) is 6.10. The van der Waals surface area contributed by atoms with Crippen molar-refractivity contribution >= 4 is 6.08 Å². The number of aromatic amines is 2. The van der Waals surface area contributed by atoms with Crippen molar-refractivity contribution in [3.8, 4) is 11.5 Å². The lowest BCUT2D eigenvalue weighted by atomic mass is 9.75. The van der Waals surface area contributed by atoms with Crippen LogP contribution >= 0.6 is 0 Å². The first-order valence-electron chi connectivity index (χ1n) is 13.2. The van der Waals surface area contributed by atoms with Crippen LogP contribution in [-0.2, 0) is 19.4 Å². The van der Waals surface area contributed by atoms with E-state index >= 15 is 0 Å². The Bertz CT molecular complexity index is 1180. The molecule has 7 nitrogen and oxygen atoms in total. The van der Waals surface area contributed by atoms with Crippen molar-refractivity contribution in [2.45, 2.75) is 52.0 Å². The highest BCUT2D eigenvalue weighted by molar-refractivity contribution is 5.71. The van der Waals surface area contributed by atoms with Crippen LogP contribution in [0.25, 0.3) is 17.6 Å². The van der Waals surface area contributed by atoms with E-state index in [9.17, 15) is 9.50 Å². The molecule has 4 heterocycles. The van der Waals surface area contributed by atoms with Gasteiger partial charge >= 0.3 is 0 Å². The van der Waals surface area contributed by atoms with Crippen LogP contribution in [0, 0.1) is 11.8 Å². The third-order valence-corrected chi connectivity index (χ3v) is 8.30. The smallest absolute Gasteiger partial charge is 0.159 e. The van der Waals surface area contributed by atoms with Crippen molar-refractivity contribution < 1.29 is 9.50 Å². The molecule has 35 heavy (non-hydrogen) atoms. The van der Waals surface area contributed by atoms with Gasteiger partial charge in [-0.2, -0.15) is 5.10 Å². The van der Waals surface area contributed by atoms with Crippen LogP contribution < -0.4 is 0 Å². The molecule has 186 valence electrons. The van der Waals surface area contributed by atoms with Crippen LogP contribution in [0.1, 0.15) is 55.3 Å². The number of rotatable bonds is 6. The van der Waals surface area contributed by atoms with E-state index in [1.54, 1.807) is 6.08 Å². The van der Waals surface area contributed by atoms with E-state index < -0.39 is 5.83 Å². The number of halogens is 1. The Morgan fingerprint density at radius 1 is 1.11 bits per heavy atom. The summed E-state index contributed by atoms with van der Waals surface area (Å²) >= 11 is 0. The van der Waals surface area contributed by atoms with Crippen molar-refractivity contribution in [3.05, 3.63) is 52.0 Å². The van der Waals surface area contributed by atoms with Crippen LogP contribution in [-0.4, -0.2) is 67.8 Å². The van der Waals surface area contributed by atoms with Crippen molar-refractivity contribution in [3.63, 3.8) is 0 Å². The van der Waals surface area contributed by atoms with Gasteiger partial charge < -0.3 is 15.0 Å². The van der Waals surface area contributed by atoms with E-state index in [4.69, 9.17) is 4.98 Å². The van der Waals surface area contributed by atoms with Crippen LogP contribution in [0.4, 0.5) is 4.39 Å². The summed E-state index contributed by atoms with van der Waals surface area (Å²) in [6.07, 6.45) is 11.4. The van der Waals surface area contributed by atoms with E-state index in [0.29, 0.717) is 0 Å². The minimum Gasteiger partial charge on any atom is -0.505 e. The average Bonchev–Trinajstić information content (AvgIpc) is 3.62. The average molecular weight is 479 g/mol. The van der Waals surface area contributed by atoms with Gasteiger partial charge in [-0.05, 0) is 56.7 Å². The van der Waals surface area contributed by atoms with Gasteiger partial charge in [-0.1, -0.05) is 24.6 Å². The molecule has 1 saturated heterocycles. The highest BCUT2D eigenvalue weighted by Crippen LogP contribution is 2.41. The number of aliphatic hydroxyl groups excluding tert-OH is 1. The maximum Gasteiger partial charge on any atom is 0.159 e. The quantitative estimate of drug-likeness (QED) is 0.568. The molecule has 0 spiro atoms. The van der Waals surface area contributed by atoms with Gasteiger partial charge in [0.15, 0.2) is 5.82 Å². The van der Waals surface area contributed by atoms with Crippen molar-refractivity contribution in [1.82, 2.24) is 30.0 Å². The summed E-state index contributed by atoms with van der Waals surface area (Å²) in [5.41, 5.74) is 6.50. The number of hydrogen-bond acceptors (Lipinski definition) is 5. The molecule has 6 rings (SSSR count). The Hall–Kier alpha value is -2.71. The Morgan fingerprint density at radius 2 is 1.94 bits per heavy atom. The van der Waals surface area contributed by atoms with Gasteiger partial charge in [0.05, 0.1) is 11.4 Å². The summed E-state index contributed by atoms with van der Waals surface area (Å²) in [6, 6.07) is 0. The topological polar surface area (TPSA) is 84.1 Å². The Morgan fingerprint density at radius 3 is 2.77 bits per heavy atom. The molecule has 0 bridgehead atoms. The standard InChI is InChI=1S/C27H35FN6O/c1-2-17-14-25(35)21(28)15-20(17)18-5-6-19-23(13-18)31-32-26(19)27-29-22-7-10-34(16-24(22)30-27)12-11-33-8-3-4-9-33/h5-6,14,18,20,35H,2-4,7-13,15-16H2,1H3,(H,29,30)(H,31,32). The van der Waals surface area contributed by atoms with Crippen molar-refractivity contribution in [1.29, 1.82) is 0 Å². The second-order valence-corrected chi connectivity index (χ2v) is 10.5. The number of likely N-dealkylation sites (tertiary alicyclic amines) is 1. The molecular formula is C27H35FN6O. The zero-order chi connectivity index (χ0) is 23.9. The molecule has 1 fully saturated rings. The molecule has 0 saturated carbocycles. The summed E-state index contributed by atoms with van der Waals surface area (Å²) in [6.45, 7) is 8.80. The van der Waals surface area contributed by atoms with E-state index in [1.165, 1.54) is 31.6 Å². The van der Waals surface area contributed by atoms with Crippen molar-refractivity contribution in [2.75, 3.05) is 32.7 Å². The van der Waals surface area contributed by atoms with E-state index in [-0.39, 0.29) is 24.0 Å². The van der Waals surface area contributed by atoms with Gasteiger partial charge in [-0.15, -0.1) is 0 Å². The lowest BCUT2D eigenvalue weighted by Crippen LogP contribution is -2.37. The minimum absolute atomic E-state index is 0.0644. The molecule has 2 aliphatic carbocycles. The summed E-state index contributed by atoms with van der Waals surface area (Å²) in [5.74, 6) is 0.457. The number of hydrogen-bond donors (Lipinski definition) is 3. The number of H-pyrrole nitrogens is 2. The summed E-state index contributed by atoms with van der Waals surface area (Å²) < 4.78 is 14.2. The Balaban J connectivity index is 1.16. The normalized spacial score (nSPS) is 25.1. The molecule has 3 N–H and O–H groups in total. The molecule has 2 atom stereocenters. The third-order valence-electron chi connectivity index (χ3n) is 8.30. The molecule has 0 aromatic carbocycles. The first-order chi connectivity index (χ1) is 17.1. The van der Waals surface area contributed by atoms with Crippen LogP contribution in [0.5, 0.6) is 0 Å². The first-order valence-corrected chi connectivity index (χ1v) is 13.2. The predicted molar refractivity (Wildman–Crippen MR) is 134 cm³/mol. The molecule has 0 radical (unpaired) electrons. The highest BCUT2D eigenvalue weighted by atomic mass is 19.1. The third kappa shape index (κ3) is 4.38. The molecular weight excluding hydrogens is 443 g/mol. The number of allylic oxidation sites excluding steroid dienone is 4. The molecule has 2 unspecified atom stereocenters. The number of fused-ring (bicyclic) bond motifs is 2. The predicted octanol–water partition coefficient (Wildman–Crippen LogP) is 4.53. The van der Waals surface area contributed by atoms with Crippen molar-refractivity contribution in [2.24, 2.45) is 11.8 Å². The maximum absolute atomic E-state index is 14.2. The lowest BCUT2D eigenvalue weighted by Gasteiger charge is -2.30. The molecule has 2 aliphatic heterocycles. The van der Waals surface area contributed by atoms with E-state index in [0.717, 1.165) is 79.5 Å². The zero-order valence-corrected chi connectivity index (χ0v) is 20.5. The second-order valence-electron chi connectivity index (χ2n) is 10.5. The van der Waals surface area contributed by atoms with Crippen LogP contribution in [0.15, 0.2) is 29.3 Å². The van der Waals surface area contributed by atoms with Gasteiger partial charge in [0.1, 0.15) is 17.3 Å². The van der Waals surface area contributed by atoms with E-state index in [2.05, 4.69) is 44.1 Å². The summed E-state index contributed by atoms with van der Waals surface area (Å²) in [5, 5.41) is 17.7. The molecule has 0 amide bonds. The van der Waals surface area contributed by atoms with E-state index in [1.807, 2.05) is 0 Å². The fourth-order valence-corrected chi connectivity index (χ4v) is 6.22. The highest BCUT2D eigenvalue weighted by Gasteiger charge is 2.32. The summed E-state index contributed by atoms with van der Waals surface area (Å²) in [4.78, 5) is 13.6. The number of imidazole rings is 1. The SMILES string of the molecule is CCC1=CC(O)=C(F)CC1C1C=Cc2c(-c3nc4c([nH]3)CN(CCN3CCCC3)CC4)n[nH]c2C1. The van der Waals surface area contributed by atoms with Gasteiger partial charge in [0.2, 0.25) is 0 Å². The number of aliphatic hydroxyl groups is 1. The van der Waals surface area contributed by atoms with Gasteiger partial charge in [0.25, 0.3) is 0 Å². The Labute approximate surface area is 205 Å². The fourth-order valence-electron chi connectivity index (χ4n) is 6.22. The van der Waals surface area contributed by atoms with Crippen LogP contribution in [0.3, 0.4) is 0 Å². The fraction of sp³-hybridized carbons (Fsp3) is 0.556.